The summed E-state index contributed by atoms with van der Waals surface area (Å²) < 4.78 is 0.755. The molecule has 1 rings (SSSR count). The number of hydrogen-bond acceptors (Lipinski definition) is 5. The number of rotatable bonds is 2. The van der Waals surface area contributed by atoms with Crippen LogP contribution in [-0.2, 0) is 0 Å². The van der Waals surface area contributed by atoms with Gasteiger partial charge in [0.1, 0.15) is 0 Å². The van der Waals surface area contributed by atoms with Gasteiger partial charge in [-0.2, -0.15) is 0 Å². The summed E-state index contributed by atoms with van der Waals surface area (Å²) in [5.41, 5.74) is 0.113. The van der Waals surface area contributed by atoms with Gasteiger partial charge < -0.3 is 20.1 Å². The van der Waals surface area contributed by atoms with Gasteiger partial charge in [-0.3, -0.25) is 0 Å². The Balaban J connectivity index is 3.08. The molecule has 0 unspecified atom stereocenters. The quantitative estimate of drug-likeness (QED) is 0.452. The van der Waals surface area contributed by atoms with E-state index in [1.165, 1.54) is 6.07 Å². The standard InChI is InChI=1S/C4H5B2BrO4S/c7-3-1-2(5(8)9)4(12-3)6(10)11/h1,8-11H. The first-order valence-corrected chi connectivity index (χ1v) is 4.64. The lowest BCUT2D eigenvalue weighted by Crippen LogP contribution is -2.46. The van der Waals surface area contributed by atoms with Crippen molar-refractivity contribution in [1.29, 1.82) is 0 Å². The lowest BCUT2D eigenvalue weighted by atomic mass is 9.72. The van der Waals surface area contributed by atoms with Crippen LogP contribution < -0.4 is 10.2 Å². The molecular formula is C4H5B2BrO4S. The summed E-state index contributed by atoms with van der Waals surface area (Å²) >= 11 is 4.14. The zero-order chi connectivity index (χ0) is 9.30. The molecule has 0 spiro atoms. The summed E-state index contributed by atoms with van der Waals surface area (Å²) in [6.07, 6.45) is 0. The van der Waals surface area contributed by atoms with Gasteiger partial charge in [0.15, 0.2) is 0 Å². The molecule has 0 aliphatic carbocycles. The maximum atomic E-state index is 8.79. The minimum Gasteiger partial charge on any atom is -0.423 e. The molecule has 64 valence electrons. The predicted molar refractivity (Wildman–Crippen MR) is 51.7 cm³/mol. The average Bonchev–Trinajstić information content (AvgIpc) is 2.31. The van der Waals surface area contributed by atoms with Crippen LogP contribution in [0.25, 0.3) is 0 Å². The van der Waals surface area contributed by atoms with E-state index in [2.05, 4.69) is 15.9 Å². The average molecular weight is 251 g/mol. The van der Waals surface area contributed by atoms with Crippen LogP contribution in [-0.4, -0.2) is 34.3 Å². The molecule has 0 aliphatic rings. The number of halogens is 1. The number of hydrogen-bond donors (Lipinski definition) is 4. The van der Waals surface area contributed by atoms with Crippen LogP contribution in [0, 0.1) is 0 Å². The minimum atomic E-state index is -1.68. The van der Waals surface area contributed by atoms with Gasteiger partial charge in [0.25, 0.3) is 0 Å². The van der Waals surface area contributed by atoms with E-state index in [1.807, 2.05) is 0 Å². The molecule has 0 saturated heterocycles. The summed E-state index contributed by atoms with van der Waals surface area (Å²) in [6.45, 7) is 0. The first kappa shape index (κ1) is 10.2. The van der Waals surface area contributed by atoms with Crippen molar-refractivity contribution in [2.24, 2.45) is 0 Å². The SMILES string of the molecule is OB(O)c1cc(Br)sc1B(O)O. The Morgan fingerprint density at radius 2 is 1.75 bits per heavy atom. The van der Waals surface area contributed by atoms with Gasteiger partial charge in [-0.25, -0.2) is 0 Å². The third-order valence-electron chi connectivity index (χ3n) is 1.27. The Labute approximate surface area is 81.9 Å². The van der Waals surface area contributed by atoms with E-state index in [0.717, 1.165) is 11.3 Å². The maximum Gasteiger partial charge on any atom is 0.498 e. The van der Waals surface area contributed by atoms with Crippen molar-refractivity contribution in [1.82, 2.24) is 0 Å². The molecular weight excluding hydrogens is 246 g/mol. The minimum absolute atomic E-state index is 0.113. The zero-order valence-corrected chi connectivity index (χ0v) is 8.21. The van der Waals surface area contributed by atoms with Crippen LogP contribution in [0.3, 0.4) is 0 Å². The second-order valence-corrected chi connectivity index (χ2v) is 4.58. The van der Waals surface area contributed by atoms with Crippen LogP contribution >= 0.6 is 27.3 Å². The lowest BCUT2D eigenvalue weighted by molar-refractivity contribution is 0.420. The van der Waals surface area contributed by atoms with Gasteiger partial charge in [-0.05, 0) is 27.5 Å². The van der Waals surface area contributed by atoms with Crippen LogP contribution in [0.15, 0.2) is 9.85 Å². The Hall–Kier alpha value is 0.150. The smallest absolute Gasteiger partial charge is 0.423 e. The molecule has 0 aliphatic heterocycles. The van der Waals surface area contributed by atoms with E-state index in [4.69, 9.17) is 20.1 Å². The van der Waals surface area contributed by atoms with Gasteiger partial charge >= 0.3 is 14.2 Å². The highest BCUT2D eigenvalue weighted by Crippen LogP contribution is 2.13. The number of thiophene rings is 1. The fraction of sp³-hybridized carbons (Fsp3) is 0. The largest absolute Gasteiger partial charge is 0.498 e. The second-order valence-electron chi connectivity index (χ2n) is 2.12. The fourth-order valence-electron chi connectivity index (χ4n) is 0.790. The molecule has 1 aromatic heterocycles. The van der Waals surface area contributed by atoms with Crippen molar-refractivity contribution in [3.8, 4) is 0 Å². The third kappa shape index (κ3) is 2.09. The van der Waals surface area contributed by atoms with Crippen molar-refractivity contribution >= 4 is 51.7 Å². The molecule has 0 fully saturated rings. The van der Waals surface area contributed by atoms with Gasteiger partial charge in [-0.1, -0.05) is 0 Å². The predicted octanol–water partition coefficient (Wildman–Crippen LogP) is -2.13. The molecule has 8 heteroatoms. The van der Waals surface area contributed by atoms with Crippen molar-refractivity contribution in [3.63, 3.8) is 0 Å². The molecule has 0 bridgehead atoms. The Kier molecular flexibility index (Phi) is 3.33. The first-order valence-electron chi connectivity index (χ1n) is 3.03. The van der Waals surface area contributed by atoms with Crippen LogP contribution in [0.4, 0.5) is 0 Å². The van der Waals surface area contributed by atoms with E-state index in [0.29, 0.717) is 3.79 Å². The van der Waals surface area contributed by atoms with Crippen molar-refractivity contribution < 1.29 is 20.1 Å². The maximum absolute atomic E-state index is 8.79. The second kappa shape index (κ2) is 3.91. The Morgan fingerprint density at radius 1 is 1.17 bits per heavy atom. The van der Waals surface area contributed by atoms with Gasteiger partial charge in [-0.15, -0.1) is 11.3 Å². The Bertz CT molecular complexity index is 251. The fourth-order valence-corrected chi connectivity index (χ4v) is 2.34. The molecule has 12 heavy (non-hydrogen) atoms. The molecule has 1 aromatic rings. The molecule has 4 N–H and O–H groups in total. The topological polar surface area (TPSA) is 80.9 Å². The van der Waals surface area contributed by atoms with Crippen LogP contribution in [0.5, 0.6) is 0 Å². The van der Waals surface area contributed by atoms with Crippen LogP contribution in [0.1, 0.15) is 0 Å². The summed E-state index contributed by atoms with van der Waals surface area (Å²) in [5.74, 6) is 0. The summed E-state index contributed by atoms with van der Waals surface area (Å²) in [5, 5.41) is 35.2. The summed E-state index contributed by atoms with van der Waals surface area (Å²) in [4.78, 5) is 0. The van der Waals surface area contributed by atoms with Crippen molar-refractivity contribution in [2.75, 3.05) is 0 Å². The van der Waals surface area contributed by atoms with E-state index >= 15 is 0 Å². The summed E-state index contributed by atoms with van der Waals surface area (Å²) in [6, 6.07) is 1.43. The Morgan fingerprint density at radius 3 is 2.08 bits per heavy atom. The molecule has 0 radical (unpaired) electrons. The van der Waals surface area contributed by atoms with E-state index in [9.17, 15) is 0 Å². The molecule has 1 heterocycles. The van der Waals surface area contributed by atoms with Gasteiger partial charge in [0, 0.05) is 4.78 Å². The van der Waals surface area contributed by atoms with E-state index in [1.54, 1.807) is 0 Å². The summed E-state index contributed by atoms with van der Waals surface area (Å²) in [7, 11) is -3.34. The normalized spacial score (nSPS) is 10.1. The molecule has 4 nitrogen and oxygen atoms in total. The first-order chi connectivity index (χ1) is 5.52. The van der Waals surface area contributed by atoms with Gasteiger partial charge in [0.2, 0.25) is 0 Å². The molecule has 0 saturated carbocycles. The van der Waals surface area contributed by atoms with Crippen molar-refractivity contribution in [3.05, 3.63) is 9.85 Å². The highest BCUT2D eigenvalue weighted by Gasteiger charge is 2.26. The zero-order valence-electron chi connectivity index (χ0n) is 5.81. The highest BCUT2D eigenvalue weighted by molar-refractivity contribution is 9.11. The molecule has 0 atom stereocenters. The van der Waals surface area contributed by atoms with E-state index in [-0.39, 0.29) is 10.2 Å². The lowest BCUT2D eigenvalue weighted by Gasteiger charge is -1.99. The van der Waals surface area contributed by atoms with Crippen LogP contribution in [0.2, 0.25) is 0 Å². The van der Waals surface area contributed by atoms with Gasteiger partial charge in [0.05, 0.1) is 3.79 Å². The third-order valence-corrected chi connectivity index (χ3v) is 2.97. The molecule has 0 amide bonds. The van der Waals surface area contributed by atoms with Crippen molar-refractivity contribution in [2.45, 2.75) is 0 Å². The molecule has 0 aromatic carbocycles. The van der Waals surface area contributed by atoms with E-state index < -0.39 is 14.2 Å². The monoisotopic (exact) mass is 250 g/mol. The highest BCUT2D eigenvalue weighted by atomic mass is 79.9.